The Hall–Kier alpha value is -2.05. The number of carbonyl (C=O) groups excluding carboxylic acids is 1. The van der Waals surface area contributed by atoms with Crippen molar-refractivity contribution in [3.63, 3.8) is 0 Å². The third kappa shape index (κ3) is 4.12. The summed E-state index contributed by atoms with van der Waals surface area (Å²) in [6.45, 7) is 3.27. The third-order valence-electron chi connectivity index (χ3n) is 5.61. The normalized spacial score (nSPS) is 17.1. The highest BCUT2D eigenvalue weighted by Crippen LogP contribution is 2.27. The van der Waals surface area contributed by atoms with Gasteiger partial charge in [-0.2, -0.15) is 5.10 Å². The highest BCUT2D eigenvalue weighted by molar-refractivity contribution is 5.94. The van der Waals surface area contributed by atoms with Crippen LogP contribution in [0.4, 0.5) is 0 Å². The molecule has 0 bridgehead atoms. The van der Waals surface area contributed by atoms with Crippen LogP contribution in [0.2, 0.25) is 0 Å². The molecular formula is C20H27ClN4O2. The second-order valence-electron chi connectivity index (χ2n) is 7.21. The van der Waals surface area contributed by atoms with E-state index in [2.05, 4.69) is 27.6 Å². The van der Waals surface area contributed by atoms with E-state index in [1.54, 1.807) is 7.11 Å². The molecule has 0 radical (unpaired) electrons. The average molecular weight is 391 g/mol. The van der Waals surface area contributed by atoms with Crippen LogP contribution in [0.1, 0.15) is 40.2 Å². The number of likely N-dealkylation sites (tertiary alicyclic amines) is 1. The lowest BCUT2D eigenvalue weighted by atomic mass is 9.89. The van der Waals surface area contributed by atoms with Crippen LogP contribution in [0.25, 0.3) is 0 Å². The highest BCUT2D eigenvalue weighted by Gasteiger charge is 2.29. The van der Waals surface area contributed by atoms with Gasteiger partial charge in [-0.1, -0.05) is 18.2 Å². The van der Waals surface area contributed by atoms with Crippen molar-refractivity contribution in [3.8, 4) is 5.75 Å². The number of piperidine rings is 1. The number of fused-ring (bicyclic) bond motifs is 1. The van der Waals surface area contributed by atoms with Gasteiger partial charge in [-0.3, -0.25) is 9.89 Å². The van der Waals surface area contributed by atoms with Gasteiger partial charge >= 0.3 is 0 Å². The van der Waals surface area contributed by atoms with Gasteiger partial charge in [0.05, 0.1) is 7.11 Å². The van der Waals surface area contributed by atoms with Crippen molar-refractivity contribution in [2.75, 3.05) is 26.7 Å². The van der Waals surface area contributed by atoms with E-state index in [4.69, 9.17) is 4.74 Å². The summed E-state index contributed by atoms with van der Waals surface area (Å²) in [6.07, 6.45) is 3.97. The van der Waals surface area contributed by atoms with E-state index >= 15 is 0 Å². The Morgan fingerprint density at radius 3 is 2.85 bits per heavy atom. The molecule has 0 spiro atoms. The zero-order chi connectivity index (χ0) is 17.9. The smallest absolute Gasteiger partial charge is 0.274 e. The number of ether oxygens (including phenoxy) is 1. The van der Waals surface area contributed by atoms with Gasteiger partial charge in [0.15, 0.2) is 5.69 Å². The van der Waals surface area contributed by atoms with E-state index in [1.807, 2.05) is 17.0 Å². The molecule has 2 aromatic rings. The lowest BCUT2D eigenvalue weighted by Gasteiger charge is -2.32. The minimum Gasteiger partial charge on any atom is -0.496 e. The maximum atomic E-state index is 12.9. The number of halogens is 1. The summed E-state index contributed by atoms with van der Waals surface area (Å²) in [5.74, 6) is 1.62. The van der Waals surface area contributed by atoms with Crippen molar-refractivity contribution in [2.45, 2.75) is 32.2 Å². The molecule has 0 saturated carbocycles. The standard InChI is InChI=1S/C20H26N4O2.ClH/c1-26-18-5-3-2-4-15(18)12-14-7-10-24(11-8-14)20(25)19-16-13-21-9-6-17(16)22-23-19;/h2-5,14,21H,6-13H2,1H3,(H,22,23);1H. The first kappa shape index (κ1) is 19.7. The summed E-state index contributed by atoms with van der Waals surface area (Å²) in [4.78, 5) is 14.9. The lowest BCUT2D eigenvalue weighted by molar-refractivity contribution is 0.0683. The van der Waals surface area contributed by atoms with Crippen molar-refractivity contribution in [3.05, 3.63) is 46.8 Å². The fourth-order valence-electron chi connectivity index (χ4n) is 4.07. The average Bonchev–Trinajstić information content (AvgIpc) is 3.12. The topological polar surface area (TPSA) is 70.2 Å². The van der Waals surface area contributed by atoms with Crippen LogP contribution >= 0.6 is 12.4 Å². The monoisotopic (exact) mass is 390 g/mol. The first-order valence-electron chi connectivity index (χ1n) is 9.44. The summed E-state index contributed by atoms with van der Waals surface area (Å²) in [6, 6.07) is 8.22. The van der Waals surface area contributed by atoms with Crippen LogP contribution < -0.4 is 10.1 Å². The largest absolute Gasteiger partial charge is 0.496 e. The molecule has 3 heterocycles. The summed E-state index contributed by atoms with van der Waals surface area (Å²) in [5.41, 5.74) is 4.03. The molecule has 1 amide bonds. The molecule has 0 atom stereocenters. The minimum absolute atomic E-state index is 0. The number of carbonyl (C=O) groups is 1. The van der Waals surface area contributed by atoms with E-state index in [0.717, 1.165) is 68.9 Å². The van der Waals surface area contributed by atoms with Gasteiger partial charge < -0.3 is 15.0 Å². The van der Waals surface area contributed by atoms with Gasteiger partial charge in [-0.05, 0) is 36.8 Å². The van der Waals surface area contributed by atoms with E-state index < -0.39 is 0 Å². The molecular weight excluding hydrogens is 364 g/mol. The van der Waals surface area contributed by atoms with Crippen molar-refractivity contribution < 1.29 is 9.53 Å². The first-order chi connectivity index (χ1) is 12.8. The zero-order valence-corrected chi connectivity index (χ0v) is 16.5. The minimum atomic E-state index is 0. The summed E-state index contributed by atoms with van der Waals surface area (Å²) < 4.78 is 5.47. The summed E-state index contributed by atoms with van der Waals surface area (Å²) >= 11 is 0. The van der Waals surface area contributed by atoms with Gasteiger partial charge in [0.25, 0.3) is 5.91 Å². The number of hydrogen-bond acceptors (Lipinski definition) is 4. The second-order valence-corrected chi connectivity index (χ2v) is 7.21. The van der Waals surface area contributed by atoms with Crippen molar-refractivity contribution >= 4 is 18.3 Å². The molecule has 2 aliphatic rings. The quantitative estimate of drug-likeness (QED) is 0.841. The maximum Gasteiger partial charge on any atom is 0.274 e. The van der Waals surface area contributed by atoms with Crippen LogP contribution in [-0.4, -0.2) is 47.7 Å². The Kier molecular flexibility index (Phi) is 6.39. The molecule has 0 unspecified atom stereocenters. The maximum absolute atomic E-state index is 12.9. The second kappa shape index (κ2) is 8.76. The Balaban J connectivity index is 0.00000210. The first-order valence-corrected chi connectivity index (χ1v) is 9.44. The molecule has 1 aromatic heterocycles. The predicted octanol–water partition coefficient (Wildman–Crippen LogP) is 2.58. The molecule has 6 nitrogen and oxygen atoms in total. The Labute approximate surface area is 166 Å². The number of aromatic nitrogens is 2. The molecule has 0 aliphatic carbocycles. The van der Waals surface area contributed by atoms with Crippen molar-refractivity contribution in [1.29, 1.82) is 0 Å². The van der Waals surface area contributed by atoms with Crippen molar-refractivity contribution in [1.82, 2.24) is 20.4 Å². The predicted molar refractivity (Wildman–Crippen MR) is 107 cm³/mol. The number of methoxy groups -OCH3 is 1. The molecule has 4 rings (SSSR count). The summed E-state index contributed by atoms with van der Waals surface area (Å²) in [5, 5.41) is 10.7. The highest BCUT2D eigenvalue weighted by atomic mass is 35.5. The van der Waals surface area contributed by atoms with E-state index in [0.29, 0.717) is 11.6 Å². The molecule has 146 valence electrons. The Morgan fingerprint density at radius 1 is 1.30 bits per heavy atom. The van der Waals surface area contributed by atoms with Gasteiger partial charge in [-0.15, -0.1) is 12.4 Å². The molecule has 2 aliphatic heterocycles. The molecule has 1 fully saturated rings. The van der Waals surface area contributed by atoms with E-state index in [1.165, 1.54) is 5.56 Å². The van der Waals surface area contributed by atoms with Crippen LogP contribution in [0.15, 0.2) is 24.3 Å². The zero-order valence-electron chi connectivity index (χ0n) is 15.7. The number of amides is 1. The van der Waals surface area contributed by atoms with E-state index in [9.17, 15) is 4.79 Å². The molecule has 2 N–H and O–H groups in total. The lowest BCUT2D eigenvalue weighted by Crippen LogP contribution is -2.39. The van der Waals surface area contributed by atoms with Gasteiger partial charge in [0.1, 0.15) is 5.75 Å². The summed E-state index contributed by atoms with van der Waals surface area (Å²) in [7, 11) is 1.72. The Bertz CT molecular complexity index is 784. The number of rotatable bonds is 4. The molecule has 1 aromatic carbocycles. The van der Waals surface area contributed by atoms with E-state index in [-0.39, 0.29) is 18.3 Å². The van der Waals surface area contributed by atoms with Crippen LogP contribution in [0, 0.1) is 5.92 Å². The van der Waals surface area contributed by atoms with Gasteiger partial charge in [0.2, 0.25) is 0 Å². The number of H-pyrrole nitrogens is 1. The van der Waals surface area contributed by atoms with Gasteiger partial charge in [-0.25, -0.2) is 0 Å². The fourth-order valence-corrected chi connectivity index (χ4v) is 4.07. The third-order valence-corrected chi connectivity index (χ3v) is 5.61. The SMILES string of the molecule is COc1ccccc1CC1CCN(C(=O)c2n[nH]c3c2CNCC3)CC1.Cl. The van der Waals surface area contributed by atoms with Crippen LogP contribution in [-0.2, 0) is 19.4 Å². The number of nitrogens with zero attached hydrogens (tertiary/aromatic N) is 2. The number of benzene rings is 1. The number of aromatic amines is 1. The molecule has 7 heteroatoms. The van der Waals surface area contributed by atoms with Crippen molar-refractivity contribution in [2.24, 2.45) is 5.92 Å². The molecule has 1 saturated heterocycles. The Morgan fingerprint density at radius 2 is 2.07 bits per heavy atom. The fraction of sp³-hybridized carbons (Fsp3) is 0.500. The number of para-hydroxylation sites is 1. The van der Waals surface area contributed by atoms with Gasteiger partial charge in [0, 0.05) is 43.9 Å². The number of nitrogens with one attached hydrogen (secondary N) is 2. The molecule has 27 heavy (non-hydrogen) atoms. The number of hydrogen-bond donors (Lipinski definition) is 2. The van der Waals surface area contributed by atoms with Crippen LogP contribution in [0.3, 0.4) is 0 Å². The van der Waals surface area contributed by atoms with Crippen LogP contribution in [0.5, 0.6) is 5.75 Å².